The highest BCUT2D eigenvalue weighted by molar-refractivity contribution is 5.97. The summed E-state index contributed by atoms with van der Waals surface area (Å²) in [6.07, 6.45) is 3.26. The SMILES string of the molecule is NC(=O)c1cc(N)c(NCCCCNc2c(N)cc(C(N)=O)cc2OCCCN2CCOCC2)c(OCCCN2CCOCC2)c1. The summed E-state index contributed by atoms with van der Waals surface area (Å²) in [5.74, 6) is -0.115. The number of rotatable bonds is 19. The van der Waals surface area contributed by atoms with Crippen molar-refractivity contribution in [3.8, 4) is 11.5 Å². The Balaban J connectivity index is 1.26. The molecular weight excluding hydrogens is 592 g/mol. The number of unbranched alkanes of at least 4 members (excludes halogenated alkanes) is 1. The van der Waals surface area contributed by atoms with Crippen LogP contribution >= 0.6 is 0 Å². The average molecular weight is 643 g/mol. The van der Waals surface area contributed by atoms with Gasteiger partial charge >= 0.3 is 0 Å². The van der Waals surface area contributed by atoms with E-state index in [1.54, 1.807) is 24.3 Å². The lowest BCUT2D eigenvalue weighted by atomic mass is 10.1. The van der Waals surface area contributed by atoms with Gasteiger partial charge in [0, 0.05) is 63.5 Å². The van der Waals surface area contributed by atoms with Gasteiger partial charge in [-0.05, 0) is 49.9 Å². The topological polar surface area (TPSA) is 206 Å². The van der Waals surface area contributed by atoms with Crippen molar-refractivity contribution in [2.45, 2.75) is 25.7 Å². The van der Waals surface area contributed by atoms with Crippen LogP contribution in [0.2, 0.25) is 0 Å². The highest BCUT2D eigenvalue weighted by atomic mass is 16.5. The van der Waals surface area contributed by atoms with Crippen molar-refractivity contribution in [2.75, 3.05) is 114 Å². The lowest BCUT2D eigenvalue weighted by Crippen LogP contribution is -2.37. The van der Waals surface area contributed by atoms with Crippen LogP contribution in [0.25, 0.3) is 0 Å². The minimum Gasteiger partial charge on any atom is -0.491 e. The molecule has 2 aliphatic rings. The maximum atomic E-state index is 11.9. The Hall–Kier alpha value is -3.98. The largest absolute Gasteiger partial charge is 0.491 e. The first-order chi connectivity index (χ1) is 22.3. The number of nitrogens with one attached hydrogen (secondary N) is 2. The molecule has 0 bridgehead atoms. The molecule has 2 aromatic rings. The molecule has 0 radical (unpaired) electrons. The van der Waals surface area contributed by atoms with Crippen molar-refractivity contribution in [1.29, 1.82) is 0 Å². The average Bonchev–Trinajstić information content (AvgIpc) is 3.05. The Bertz CT molecular complexity index is 1190. The third-order valence-electron chi connectivity index (χ3n) is 8.00. The lowest BCUT2D eigenvalue weighted by Gasteiger charge is -2.26. The molecule has 14 nitrogen and oxygen atoms in total. The van der Waals surface area contributed by atoms with Gasteiger partial charge in [0.25, 0.3) is 0 Å². The number of benzene rings is 2. The van der Waals surface area contributed by atoms with E-state index in [1.165, 1.54) is 0 Å². The molecule has 254 valence electrons. The molecule has 10 N–H and O–H groups in total. The monoisotopic (exact) mass is 642 g/mol. The summed E-state index contributed by atoms with van der Waals surface area (Å²) >= 11 is 0. The lowest BCUT2D eigenvalue weighted by molar-refractivity contribution is 0.0357. The van der Waals surface area contributed by atoms with Gasteiger partial charge in [0.15, 0.2) is 0 Å². The predicted octanol–water partition coefficient (Wildman–Crippen LogP) is 1.56. The molecular formula is C32H50N8O6. The number of amides is 2. The van der Waals surface area contributed by atoms with Crippen LogP contribution in [0.15, 0.2) is 24.3 Å². The van der Waals surface area contributed by atoms with E-state index in [0.29, 0.717) is 71.7 Å². The van der Waals surface area contributed by atoms with Crippen LogP contribution in [-0.2, 0) is 9.47 Å². The number of hydrogen-bond acceptors (Lipinski definition) is 12. The van der Waals surface area contributed by atoms with E-state index in [0.717, 1.165) is 91.4 Å². The summed E-state index contributed by atoms with van der Waals surface area (Å²) < 4.78 is 23.0. The fraction of sp³-hybridized carbons (Fsp3) is 0.562. The van der Waals surface area contributed by atoms with Crippen LogP contribution in [0, 0.1) is 0 Å². The van der Waals surface area contributed by atoms with E-state index in [9.17, 15) is 9.59 Å². The third-order valence-corrected chi connectivity index (χ3v) is 8.00. The second kappa shape index (κ2) is 18.2. The zero-order valence-electron chi connectivity index (χ0n) is 26.7. The highest BCUT2D eigenvalue weighted by Gasteiger charge is 2.16. The molecule has 0 unspecified atom stereocenters. The zero-order chi connectivity index (χ0) is 32.7. The van der Waals surface area contributed by atoms with Crippen LogP contribution in [-0.4, -0.2) is 114 Å². The van der Waals surface area contributed by atoms with Gasteiger partial charge in [-0.2, -0.15) is 0 Å². The molecule has 0 aromatic heterocycles. The van der Waals surface area contributed by atoms with E-state index in [1.807, 2.05) is 0 Å². The Morgan fingerprint density at radius 1 is 0.652 bits per heavy atom. The van der Waals surface area contributed by atoms with Crippen LogP contribution in [0.1, 0.15) is 46.4 Å². The molecule has 0 saturated carbocycles. The van der Waals surface area contributed by atoms with Gasteiger partial charge in [0.2, 0.25) is 11.8 Å². The normalized spacial score (nSPS) is 15.7. The predicted molar refractivity (Wildman–Crippen MR) is 180 cm³/mol. The first kappa shape index (κ1) is 34.9. The summed E-state index contributed by atoms with van der Waals surface area (Å²) in [6.45, 7) is 10.7. The molecule has 2 aromatic carbocycles. The van der Waals surface area contributed by atoms with Gasteiger partial charge in [-0.3, -0.25) is 19.4 Å². The molecule has 46 heavy (non-hydrogen) atoms. The second-order valence-corrected chi connectivity index (χ2v) is 11.5. The number of nitrogens with zero attached hydrogens (tertiary/aromatic N) is 2. The van der Waals surface area contributed by atoms with Gasteiger partial charge < -0.3 is 52.5 Å². The molecule has 0 atom stereocenters. The number of ether oxygens (including phenoxy) is 4. The van der Waals surface area contributed by atoms with Crippen molar-refractivity contribution in [3.63, 3.8) is 0 Å². The van der Waals surface area contributed by atoms with Gasteiger partial charge in [-0.15, -0.1) is 0 Å². The molecule has 2 amide bonds. The van der Waals surface area contributed by atoms with E-state index in [2.05, 4.69) is 20.4 Å². The molecule has 2 saturated heterocycles. The molecule has 2 fully saturated rings. The minimum atomic E-state index is -0.564. The highest BCUT2D eigenvalue weighted by Crippen LogP contribution is 2.34. The molecule has 0 aliphatic carbocycles. The molecule has 14 heteroatoms. The quantitative estimate of drug-likeness (QED) is 0.0954. The van der Waals surface area contributed by atoms with Crippen LogP contribution in [0.4, 0.5) is 22.7 Å². The number of nitrogen functional groups attached to an aromatic ring is 2. The number of primary amides is 2. The first-order valence-electron chi connectivity index (χ1n) is 16.1. The fourth-order valence-corrected chi connectivity index (χ4v) is 5.43. The maximum absolute atomic E-state index is 11.9. The van der Waals surface area contributed by atoms with Crippen molar-refractivity contribution in [1.82, 2.24) is 9.80 Å². The van der Waals surface area contributed by atoms with Crippen molar-refractivity contribution < 1.29 is 28.5 Å². The number of carbonyl (C=O) groups is 2. The summed E-state index contributed by atoms with van der Waals surface area (Å²) in [5.41, 5.74) is 26.3. The van der Waals surface area contributed by atoms with Gasteiger partial charge in [0.05, 0.1) is 51.0 Å². The second-order valence-electron chi connectivity index (χ2n) is 11.5. The Morgan fingerprint density at radius 2 is 1.04 bits per heavy atom. The Labute approximate surface area is 271 Å². The van der Waals surface area contributed by atoms with Gasteiger partial charge in [0.1, 0.15) is 22.9 Å². The van der Waals surface area contributed by atoms with Gasteiger partial charge in [-0.1, -0.05) is 0 Å². The number of anilines is 4. The summed E-state index contributed by atoms with van der Waals surface area (Å²) in [7, 11) is 0. The van der Waals surface area contributed by atoms with Gasteiger partial charge in [-0.25, -0.2) is 0 Å². The summed E-state index contributed by atoms with van der Waals surface area (Å²) in [5, 5.41) is 6.74. The summed E-state index contributed by atoms with van der Waals surface area (Å²) in [6, 6.07) is 6.40. The van der Waals surface area contributed by atoms with Crippen LogP contribution in [0.3, 0.4) is 0 Å². The van der Waals surface area contributed by atoms with Crippen LogP contribution < -0.4 is 43.0 Å². The maximum Gasteiger partial charge on any atom is 0.248 e. The number of carbonyl (C=O) groups excluding carboxylic acids is 2. The molecule has 4 rings (SSSR count). The third kappa shape index (κ3) is 10.8. The zero-order valence-corrected chi connectivity index (χ0v) is 26.7. The Kier molecular flexibility index (Phi) is 13.8. The summed E-state index contributed by atoms with van der Waals surface area (Å²) in [4.78, 5) is 28.4. The van der Waals surface area contributed by atoms with Crippen molar-refractivity contribution in [2.24, 2.45) is 11.5 Å². The molecule has 2 heterocycles. The first-order valence-corrected chi connectivity index (χ1v) is 16.1. The molecule has 2 aliphatic heterocycles. The smallest absolute Gasteiger partial charge is 0.248 e. The fourth-order valence-electron chi connectivity index (χ4n) is 5.43. The standard InChI is InChI=1S/C32H50N8O6/c33-25-19-23(31(35)41)21-27(45-13-3-7-39-9-15-43-16-10-39)29(25)37-5-1-2-6-38-30-26(34)20-24(32(36)42)22-28(30)46-14-4-8-40-11-17-44-18-12-40/h19-22,37-38H,1-18,33-34H2,(H2,35,41)(H2,36,42). The van der Waals surface area contributed by atoms with Crippen molar-refractivity contribution >= 4 is 34.6 Å². The van der Waals surface area contributed by atoms with Crippen molar-refractivity contribution in [3.05, 3.63) is 35.4 Å². The Morgan fingerprint density at radius 3 is 1.41 bits per heavy atom. The van der Waals surface area contributed by atoms with E-state index < -0.39 is 11.8 Å². The van der Waals surface area contributed by atoms with E-state index >= 15 is 0 Å². The van der Waals surface area contributed by atoms with Crippen LogP contribution in [0.5, 0.6) is 11.5 Å². The number of nitrogens with two attached hydrogens (primary N) is 4. The minimum absolute atomic E-state index is 0.300. The molecule has 0 spiro atoms. The van der Waals surface area contributed by atoms with E-state index in [4.69, 9.17) is 41.9 Å². The number of morpholine rings is 2. The van der Waals surface area contributed by atoms with E-state index in [-0.39, 0.29) is 0 Å². The number of hydrogen-bond donors (Lipinski definition) is 6.